The van der Waals surface area contributed by atoms with Crippen LogP contribution in [0.5, 0.6) is 0 Å². The lowest BCUT2D eigenvalue weighted by Crippen LogP contribution is -2.56. The minimum atomic E-state index is -1.32. The van der Waals surface area contributed by atoms with Crippen LogP contribution in [0.3, 0.4) is 0 Å². The first-order chi connectivity index (χ1) is 15.7. The highest BCUT2D eigenvalue weighted by molar-refractivity contribution is 9.10. The predicted octanol–water partition coefficient (Wildman–Crippen LogP) is 4.55. The molecule has 0 radical (unpaired) electrons. The number of urea groups is 1. The molecule has 4 rings (SSSR count). The smallest absolute Gasteiger partial charge is 0.312 e. The molecule has 3 aromatic rings. The second kappa shape index (κ2) is 8.44. The molecule has 0 spiro atoms. The fourth-order valence-electron chi connectivity index (χ4n) is 4.41. The molecule has 33 heavy (non-hydrogen) atoms. The number of hydrogen-bond acceptors (Lipinski definition) is 4. The molecular formula is C25H22BrN3O4. The van der Waals surface area contributed by atoms with Gasteiger partial charge < -0.3 is 4.57 Å². The zero-order valence-electron chi connectivity index (χ0n) is 18.6. The van der Waals surface area contributed by atoms with Gasteiger partial charge in [-0.3, -0.25) is 24.2 Å². The minimum Gasteiger partial charge on any atom is -0.312 e. The van der Waals surface area contributed by atoms with Crippen LogP contribution < -0.4 is 0 Å². The highest BCUT2D eigenvalue weighted by Gasteiger charge is 2.47. The van der Waals surface area contributed by atoms with Gasteiger partial charge in [-0.25, -0.2) is 4.79 Å². The van der Waals surface area contributed by atoms with Crippen molar-refractivity contribution in [3.05, 3.63) is 75.9 Å². The molecule has 0 N–H and O–H groups in total. The standard InChI is InChI=1S/C25H22BrN3O4/c1-14-19(15(2)30)20(21-23(31)27(3)25(33)28(4)24(21)32)22(16-10-6-5-7-11-16)29(14)18-13-9-8-12-17(18)26/h5-13,21H,1-4H3. The Morgan fingerprint density at radius 1 is 0.879 bits per heavy atom. The second-order valence-electron chi connectivity index (χ2n) is 7.94. The molecule has 0 atom stereocenters. The van der Waals surface area contributed by atoms with Crippen LogP contribution in [0.15, 0.2) is 59.1 Å². The maximum Gasteiger partial charge on any atom is 0.332 e. The molecule has 0 aliphatic carbocycles. The molecule has 0 saturated carbocycles. The van der Waals surface area contributed by atoms with E-state index < -0.39 is 23.8 Å². The normalized spacial score (nSPS) is 14.9. The van der Waals surface area contributed by atoms with E-state index in [1.807, 2.05) is 59.2 Å². The number of carbonyl (C=O) groups excluding carboxylic acids is 4. The van der Waals surface area contributed by atoms with Crippen LogP contribution in [0.4, 0.5) is 4.79 Å². The number of rotatable bonds is 4. The first-order valence-corrected chi connectivity index (χ1v) is 11.1. The predicted molar refractivity (Wildman–Crippen MR) is 127 cm³/mol. The summed E-state index contributed by atoms with van der Waals surface area (Å²) in [5.41, 5.74) is 3.27. The Balaban J connectivity index is 2.16. The second-order valence-corrected chi connectivity index (χ2v) is 8.80. The zero-order valence-corrected chi connectivity index (χ0v) is 20.2. The van der Waals surface area contributed by atoms with Gasteiger partial charge in [-0.15, -0.1) is 0 Å². The average molecular weight is 508 g/mol. The molecule has 2 heterocycles. The molecule has 4 amide bonds. The number of para-hydroxylation sites is 1. The van der Waals surface area contributed by atoms with Crippen molar-refractivity contribution in [2.24, 2.45) is 0 Å². The number of carbonyl (C=O) groups is 4. The zero-order chi connectivity index (χ0) is 24.0. The molecule has 0 unspecified atom stereocenters. The van der Waals surface area contributed by atoms with E-state index in [1.165, 1.54) is 21.0 Å². The topological polar surface area (TPSA) is 79.7 Å². The number of ketones is 1. The van der Waals surface area contributed by atoms with Crippen LogP contribution in [0, 0.1) is 6.92 Å². The van der Waals surface area contributed by atoms with Gasteiger partial charge in [-0.2, -0.15) is 0 Å². The number of aromatic nitrogens is 1. The Hall–Kier alpha value is -3.52. The lowest BCUT2D eigenvalue weighted by Gasteiger charge is -2.33. The summed E-state index contributed by atoms with van der Waals surface area (Å²) in [4.78, 5) is 53.8. The van der Waals surface area contributed by atoms with Gasteiger partial charge in [0.15, 0.2) is 5.78 Å². The molecule has 1 aliphatic rings. The summed E-state index contributed by atoms with van der Waals surface area (Å²) in [6.45, 7) is 3.21. The number of amides is 4. The molecule has 1 saturated heterocycles. The summed E-state index contributed by atoms with van der Waals surface area (Å²) in [6.07, 6.45) is 0. The number of halogens is 1. The molecule has 7 nitrogen and oxygen atoms in total. The number of hydrogen-bond donors (Lipinski definition) is 0. The fourth-order valence-corrected chi connectivity index (χ4v) is 4.87. The molecule has 1 aromatic heterocycles. The van der Waals surface area contributed by atoms with Gasteiger partial charge >= 0.3 is 6.03 Å². The molecule has 1 fully saturated rings. The van der Waals surface area contributed by atoms with Gasteiger partial charge in [0, 0.05) is 35.4 Å². The van der Waals surface area contributed by atoms with Crippen molar-refractivity contribution in [3.63, 3.8) is 0 Å². The Morgan fingerprint density at radius 2 is 1.42 bits per heavy atom. The van der Waals surface area contributed by atoms with E-state index in [4.69, 9.17) is 0 Å². The summed E-state index contributed by atoms with van der Waals surface area (Å²) in [6, 6.07) is 16.1. The third-order valence-electron chi connectivity index (χ3n) is 5.96. The first kappa shape index (κ1) is 22.7. The highest BCUT2D eigenvalue weighted by Crippen LogP contribution is 2.42. The summed E-state index contributed by atoms with van der Waals surface area (Å²) < 4.78 is 2.68. The summed E-state index contributed by atoms with van der Waals surface area (Å²) in [5.74, 6) is -2.92. The quantitative estimate of drug-likeness (QED) is 0.383. The van der Waals surface area contributed by atoms with Crippen molar-refractivity contribution in [3.8, 4) is 16.9 Å². The number of imide groups is 2. The van der Waals surface area contributed by atoms with Crippen molar-refractivity contribution in [1.29, 1.82) is 0 Å². The Labute approximate surface area is 199 Å². The van der Waals surface area contributed by atoms with Crippen LogP contribution in [-0.2, 0) is 9.59 Å². The van der Waals surface area contributed by atoms with Crippen LogP contribution >= 0.6 is 15.9 Å². The maximum atomic E-state index is 13.3. The molecule has 0 bridgehead atoms. The van der Waals surface area contributed by atoms with Crippen LogP contribution in [0.2, 0.25) is 0 Å². The maximum absolute atomic E-state index is 13.3. The Bertz CT molecular complexity index is 1290. The van der Waals surface area contributed by atoms with E-state index in [2.05, 4.69) is 15.9 Å². The van der Waals surface area contributed by atoms with E-state index in [0.29, 0.717) is 22.5 Å². The molecule has 1 aliphatic heterocycles. The largest absolute Gasteiger partial charge is 0.332 e. The van der Waals surface area contributed by atoms with E-state index in [-0.39, 0.29) is 5.78 Å². The van der Waals surface area contributed by atoms with Gasteiger partial charge in [0.05, 0.1) is 11.4 Å². The lowest BCUT2D eigenvalue weighted by atomic mass is 9.87. The molecule has 2 aromatic carbocycles. The SMILES string of the molecule is CC(=O)c1c(C2C(=O)N(C)C(=O)N(C)C2=O)c(-c2ccccc2)n(-c2ccccc2Br)c1C. The summed E-state index contributed by atoms with van der Waals surface area (Å²) >= 11 is 3.59. The van der Waals surface area contributed by atoms with E-state index >= 15 is 0 Å². The average Bonchev–Trinajstić information content (AvgIpc) is 3.10. The number of nitrogens with zero attached hydrogens (tertiary/aromatic N) is 3. The van der Waals surface area contributed by atoms with Gasteiger partial charge in [-0.05, 0) is 47.5 Å². The van der Waals surface area contributed by atoms with E-state index in [0.717, 1.165) is 25.5 Å². The number of Topliss-reactive ketones (excluding diaryl/α,β-unsaturated/α-hetero) is 1. The van der Waals surface area contributed by atoms with Crippen LogP contribution in [-0.4, -0.2) is 52.1 Å². The van der Waals surface area contributed by atoms with Gasteiger partial charge in [-0.1, -0.05) is 42.5 Å². The van der Waals surface area contributed by atoms with Crippen molar-refractivity contribution in [2.45, 2.75) is 19.8 Å². The van der Waals surface area contributed by atoms with E-state index in [1.54, 1.807) is 6.92 Å². The fraction of sp³-hybridized carbons (Fsp3) is 0.200. The Kier molecular flexibility index (Phi) is 5.80. The minimum absolute atomic E-state index is 0.270. The van der Waals surface area contributed by atoms with Crippen molar-refractivity contribution >= 4 is 39.6 Å². The van der Waals surface area contributed by atoms with Crippen molar-refractivity contribution in [1.82, 2.24) is 14.4 Å². The van der Waals surface area contributed by atoms with Crippen LogP contribution in [0.1, 0.15) is 34.5 Å². The monoisotopic (exact) mass is 507 g/mol. The van der Waals surface area contributed by atoms with Gasteiger partial charge in [0.2, 0.25) is 11.8 Å². The Morgan fingerprint density at radius 3 is 1.97 bits per heavy atom. The number of benzene rings is 2. The highest BCUT2D eigenvalue weighted by atomic mass is 79.9. The third-order valence-corrected chi connectivity index (χ3v) is 6.63. The van der Waals surface area contributed by atoms with Crippen molar-refractivity contribution in [2.75, 3.05) is 14.1 Å². The first-order valence-electron chi connectivity index (χ1n) is 10.3. The third kappa shape index (κ3) is 3.51. The van der Waals surface area contributed by atoms with Crippen molar-refractivity contribution < 1.29 is 19.2 Å². The number of likely N-dealkylation sites (N-methyl/N-ethyl adjacent to an activating group) is 2. The summed E-state index contributed by atoms with van der Waals surface area (Å²) in [7, 11) is 2.68. The molecular weight excluding hydrogens is 486 g/mol. The van der Waals surface area contributed by atoms with Gasteiger partial charge in [0.1, 0.15) is 5.92 Å². The summed E-state index contributed by atoms with van der Waals surface area (Å²) in [5, 5.41) is 0. The van der Waals surface area contributed by atoms with Gasteiger partial charge in [0.25, 0.3) is 0 Å². The number of barbiturate groups is 1. The molecule has 168 valence electrons. The lowest BCUT2D eigenvalue weighted by molar-refractivity contribution is -0.143. The van der Waals surface area contributed by atoms with Crippen LogP contribution in [0.25, 0.3) is 16.9 Å². The molecule has 8 heteroatoms. The van der Waals surface area contributed by atoms with E-state index in [9.17, 15) is 19.2 Å².